The Morgan fingerprint density at radius 1 is 0.303 bits per heavy atom. The maximum Gasteiger partial charge on any atom is 0.224 e. The van der Waals surface area contributed by atoms with E-state index in [2.05, 4.69) is 60.3 Å². The van der Waals surface area contributed by atoms with Crippen LogP contribution in [-0.2, 0) is 0 Å². The number of aromatic nitrogens is 12. The fourth-order valence-corrected chi connectivity index (χ4v) is 3.19. The number of anilines is 6. The zero-order valence-corrected chi connectivity index (χ0v) is 45.4. The third kappa shape index (κ3) is 42.6. The first-order valence-corrected chi connectivity index (χ1v) is 22.5. The van der Waals surface area contributed by atoms with E-state index in [0.717, 1.165) is 34.8 Å². The summed E-state index contributed by atoms with van der Waals surface area (Å²) in [6.45, 7) is 24.0. The Morgan fingerprint density at radius 3 is 1.11 bits per heavy atom. The number of hydrogen-bond donors (Lipinski definition) is 0. The summed E-state index contributed by atoms with van der Waals surface area (Å²) in [7, 11) is 23.3. The van der Waals surface area contributed by atoms with Crippen LogP contribution in [0.1, 0.15) is 83.1 Å². The molecule has 18 nitrogen and oxygen atoms in total. The molecule has 0 unspecified atom stereocenters. The van der Waals surface area contributed by atoms with Crippen LogP contribution >= 0.6 is 0 Å². The molecule has 66 heavy (non-hydrogen) atoms. The normalized spacial score (nSPS) is 8.00. The Labute approximate surface area is 402 Å². The Hall–Kier alpha value is -6.72. The van der Waals surface area contributed by atoms with E-state index in [0.29, 0.717) is 0 Å². The molecule has 18 heteroatoms. The van der Waals surface area contributed by atoms with Gasteiger partial charge in [0.15, 0.2) is 5.82 Å². The van der Waals surface area contributed by atoms with E-state index in [4.69, 9.17) is 0 Å². The topological polar surface area (TPSA) is 174 Å². The number of rotatable bonds is 6. The lowest BCUT2D eigenvalue weighted by Gasteiger charge is -2.09. The highest BCUT2D eigenvalue weighted by atomic mass is 15.2. The van der Waals surface area contributed by atoms with E-state index in [-0.39, 0.29) is 0 Å². The van der Waals surface area contributed by atoms with Gasteiger partial charge in [0.05, 0.1) is 42.4 Å². The molecule has 6 heterocycles. The second kappa shape index (κ2) is 54.4. The van der Waals surface area contributed by atoms with E-state index in [1.54, 1.807) is 74.2 Å². The average Bonchev–Trinajstić information content (AvgIpc) is 3.40. The molecular weight excluding hydrogens is 829 g/mol. The highest BCUT2D eigenvalue weighted by molar-refractivity contribution is 5.40. The van der Waals surface area contributed by atoms with Gasteiger partial charge in [-0.05, 0) is 30.3 Å². The highest BCUT2D eigenvalue weighted by Gasteiger charge is 1.94. The van der Waals surface area contributed by atoms with Gasteiger partial charge in [0, 0.05) is 122 Å². The molecule has 0 radical (unpaired) electrons. The van der Waals surface area contributed by atoms with Crippen LogP contribution in [0, 0.1) is 0 Å². The fourth-order valence-electron chi connectivity index (χ4n) is 3.19. The Balaban J connectivity index is -0.000000156. The molecule has 372 valence electrons. The van der Waals surface area contributed by atoms with Crippen LogP contribution in [0.4, 0.5) is 34.8 Å². The van der Waals surface area contributed by atoms with Crippen LogP contribution in [0.5, 0.6) is 0 Å². The lowest BCUT2D eigenvalue weighted by Crippen LogP contribution is -2.11. The summed E-state index contributed by atoms with van der Waals surface area (Å²) < 4.78 is 0. The van der Waals surface area contributed by atoms with Crippen LogP contribution in [0.25, 0.3) is 0 Å². The summed E-state index contributed by atoms with van der Waals surface area (Å²) in [4.78, 5) is 43.0. The van der Waals surface area contributed by atoms with Crippen molar-refractivity contribution in [2.45, 2.75) is 83.1 Å². The van der Waals surface area contributed by atoms with Crippen LogP contribution < -0.4 is 29.4 Å². The molecule has 0 amide bonds. The van der Waals surface area contributed by atoms with Crippen molar-refractivity contribution in [1.29, 1.82) is 0 Å². The first kappa shape index (κ1) is 70.9. The van der Waals surface area contributed by atoms with Gasteiger partial charge in [-0.2, -0.15) is 15.3 Å². The molecule has 0 aromatic carbocycles. The molecule has 0 aliphatic carbocycles. The van der Waals surface area contributed by atoms with E-state index < -0.39 is 0 Å². The molecule has 0 N–H and O–H groups in total. The molecule has 0 saturated carbocycles. The summed E-state index contributed by atoms with van der Waals surface area (Å²) in [6.07, 6.45) is 21.9. The summed E-state index contributed by atoms with van der Waals surface area (Å²) in [5, 5.41) is 14.9. The van der Waals surface area contributed by atoms with Gasteiger partial charge in [0.2, 0.25) is 5.95 Å². The van der Waals surface area contributed by atoms with E-state index in [9.17, 15) is 0 Å². The van der Waals surface area contributed by atoms with Gasteiger partial charge < -0.3 is 29.4 Å². The first-order valence-electron chi connectivity index (χ1n) is 22.5. The molecule has 0 atom stereocenters. The minimum absolute atomic E-state index is 0.748. The van der Waals surface area contributed by atoms with Crippen molar-refractivity contribution in [2.75, 3.05) is 114 Å². The Bertz CT molecular complexity index is 1370. The van der Waals surface area contributed by atoms with Gasteiger partial charge in [-0.15, -0.1) is 5.10 Å². The van der Waals surface area contributed by atoms with Crippen molar-refractivity contribution in [2.24, 2.45) is 0 Å². The van der Waals surface area contributed by atoms with E-state index >= 15 is 0 Å². The quantitative estimate of drug-likeness (QED) is 0.154. The van der Waals surface area contributed by atoms with Crippen LogP contribution in [-0.4, -0.2) is 145 Å². The Morgan fingerprint density at radius 2 is 0.833 bits per heavy atom. The van der Waals surface area contributed by atoms with E-state index in [1.165, 1.54) is 12.7 Å². The van der Waals surface area contributed by atoms with Gasteiger partial charge in [-0.1, -0.05) is 83.1 Å². The lowest BCUT2D eigenvalue weighted by molar-refractivity contribution is 0.964. The summed E-state index contributed by atoms with van der Waals surface area (Å²) >= 11 is 0. The molecular formula is C48H90N18. The largest absolute Gasteiger partial charge is 0.376 e. The van der Waals surface area contributed by atoms with Crippen molar-refractivity contribution in [3.05, 3.63) is 111 Å². The minimum atomic E-state index is 0.748. The van der Waals surface area contributed by atoms with Crippen molar-refractivity contribution in [3.8, 4) is 0 Å². The zero-order chi connectivity index (χ0) is 52.1. The van der Waals surface area contributed by atoms with Gasteiger partial charge in [-0.3, -0.25) is 4.98 Å². The predicted molar refractivity (Wildman–Crippen MR) is 286 cm³/mol. The molecule has 0 aliphatic rings. The molecule has 6 rings (SSSR count). The summed E-state index contributed by atoms with van der Waals surface area (Å²) in [6, 6.07) is 9.34. The summed E-state index contributed by atoms with van der Waals surface area (Å²) in [5.41, 5.74) is 2.10. The SMILES string of the molecule is CC.CC.CC.CC.CC.CC.CN(C)c1cccnn1.CN(C)c1ccncn1.CN(C)c1ccnnc1.CN(C)c1cnccn1.CN(C)c1cncnc1.CN(C)c1ncccn1. The second-order valence-corrected chi connectivity index (χ2v) is 11.8. The number of hydrogen-bond acceptors (Lipinski definition) is 18. The first-order chi connectivity index (χ1) is 31.8. The van der Waals surface area contributed by atoms with E-state index in [1.807, 2.05) is 221 Å². The predicted octanol–water partition coefficient (Wildman–Crippen LogP) is 9.41. The van der Waals surface area contributed by atoms with Crippen molar-refractivity contribution in [1.82, 2.24) is 60.3 Å². The molecule has 0 bridgehead atoms. The molecule has 0 spiro atoms. The third-order valence-electron chi connectivity index (χ3n) is 6.15. The van der Waals surface area contributed by atoms with Gasteiger partial charge >= 0.3 is 0 Å². The van der Waals surface area contributed by atoms with Crippen LogP contribution in [0.2, 0.25) is 0 Å². The maximum absolute atomic E-state index is 4.04. The lowest BCUT2D eigenvalue weighted by atomic mass is 10.4. The summed E-state index contributed by atoms with van der Waals surface area (Å²) in [5.74, 6) is 3.46. The number of nitrogens with zero attached hydrogens (tertiary/aromatic N) is 18. The molecule has 6 aromatic rings. The monoisotopic (exact) mass is 919 g/mol. The van der Waals surface area contributed by atoms with Gasteiger partial charge in [0.25, 0.3) is 0 Å². The van der Waals surface area contributed by atoms with Gasteiger partial charge in [-0.25, -0.2) is 34.9 Å². The standard InChI is InChI=1S/6C6H9N3.6C2H6/c1-9(2)6-3-7-5-8-4-6;1-9(2)6-5-7-3-4-8-6;1-9(2)6-3-4-7-5-8-6;1-9(2)6-3-4-7-8-5-6;1-9(2)6-7-4-3-5-8-6;1-9(2)6-4-3-5-7-8-6;6*1-2/h6*3-5H,1-2H3;6*1-2H3. The van der Waals surface area contributed by atoms with Crippen molar-refractivity contribution >= 4 is 34.8 Å². The molecule has 0 saturated heterocycles. The van der Waals surface area contributed by atoms with Crippen molar-refractivity contribution in [3.63, 3.8) is 0 Å². The third-order valence-corrected chi connectivity index (χ3v) is 6.15. The van der Waals surface area contributed by atoms with Crippen LogP contribution in [0.3, 0.4) is 0 Å². The van der Waals surface area contributed by atoms with Crippen LogP contribution in [0.15, 0.2) is 111 Å². The minimum Gasteiger partial charge on any atom is -0.376 e. The highest BCUT2D eigenvalue weighted by Crippen LogP contribution is 2.05. The maximum atomic E-state index is 4.04. The molecule has 0 fully saturated rings. The van der Waals surface area contributed by atoms with Crippen molar-refractivity contribution < 1.29 is 0 Å². The smallest absolute Gasteiger partial charge is 0.224 e. The Kier molecular flexibility index (Phi) is 58.5. The molecule has 6 aromatic heterocycles. The molecule has 0 aliphatic heterocycles. The second-order valence-electron chi connectivity index (χ2n) is 11.8. The fraction of sp³-hybridized carbons (Fsp3) is 0.500. The zero-order valence-electron chi connectivity index (χ0n) is 45.4. The average molecular weight is 919 g/mol. The van der Waals surface area contributed by atoms with Gasteiger partial charge in [0.1, 0.15) is 24.3 Å².